The molecule has 0 saturated carbocycles. The number of carbonyl (C=O) groups is 3. The summed E-state index contributed by atoms with van der Waals surface area (Å²) in [6, 6.07) is 0. The summed E-state index contributed by atoms with van der Waals surface area (Å²) in [6.45, 7) is 7.88. The van der Waals surface area contributed by atoms with Gasteiger partial charge in [0, 0.05) is 76.7 Å². The largest absolute Gasteiger partial charge is 0.381 e. The number of likely N-dealkylation sites (tertiary alicyclic amines) is 1. The normalized spacial score (nSPS) is 28.2. The van der Waals surface area contributed by atoms with E-state index in [2.05, 4.69) is 0 Å². The highest BCUT2D eigenvalue weighted by atomic mass is 16.5. The lowest BCUT2D eigenvalue weighted by Crippen LogP contribution is -2.47. The summed E-state index contributed by atoms with van der Waals surface area (Å²) in [6.07, 6.45) is 1.93. The molecule has 7 heteroatoms. The maximum absolute atomic E-state index is 13.1. The fourth-order valence-electron chi connectivity index (χ4n) is 4.52. The van der Waals surface area contributed by atoms with Gasteiger partial charge in [-0.1, -0.05) is 13.8 Å². The van der Waals surface area contributed by atoms with Gasteiger partial charge in [-0.25, -0.2) is 0 Å². The molecular formula is C19H31N3O4. The number of amides is 3. The van der Waals surface area contributed by atoms with Gasteiger partial charge in [0.15, 0.2) is 0 Å². The van der Waals surface area contributed by atoms with Gasteiger partial charge in [0.05, 0.1) is 0 Å². The lowest BCUT2D eigenvalue weighted by Gasteiger charge is -2.35. The van der Waals surface area contributed by atoms with Crippen molar-refractivity contribution in [3.63, 3.8) is 0 Å². The van der Waals surface area contributed by atoms with E-state index in [1.807, 2.05) is 23.6 Å². The summed E-state index contributed by atoms with van der Waals surface area (Å²) in [7, 11) is 1.81. The Bertz CT molecular complexity index is 573. The number of hydrogen-bond acceptors (Lipinski definition) is 4. The van der Waals surface area contributed by atoms with E-state index < -0.39 is 0 Å². The van der Waals surface area contributed by atoms with E-state index in [-0.39, 0.29) is 35.0 Å². The zero-order valence-corrected chi connectivity index (χ0v) is 16.2. The molecule has 7 nitrogen and oxygen atoms in total. The third-order valence-corrected chi connectivity index (χ3v) is 5.90. The standard InChI is InChI=1S/C19H31N3O4/c1-14(2)17(24)21-6-7-22(18(25)15-4-8-26-9-5-15)13-19(12-21)10-16(23)20(3)11-19/h14-15H,4-13H2,1-3H3/t19-/m0/s1. The van der Waals surface area contributed by atoms with E-state index in [9.17, 15) is 14.4 Å². The highest BCUT2D eigenvalue weighted by Crippen LogP contribution is 2.35. The number of ether oxygens (including phenoxy) is 1. The monoisotopic (exact) mass is 365 g/mol. The third kappa shape index (κ3) is 3.87. The van der Waals surface area contributed by atoms with Crippen molar-refractivity contribution in [3.8, 4) is 0 Å². The molecule has 0 radical (unpaired) electrons. The van der Waals surface area contributed by atoms with E-state index in [1.165, 1.54) is 0 Å². The van der Waals surface area contributed by atoms with Gasteiger partial charge in [-0.05, 0) is 12.8 Å². The van der Waals surface area contributed by atoms with E-state index in [1.54, 1.807) is 11.9 Å². The van der Waals surface area contributed by atoms with Crippen LogP contribution in [0, 0.1) is 17.3 Å². The molecule has 146 valence electrons. The zero-order chi connectivity index (χ0) is 18.9. The van der Waals surface area contributed by atoms with Crippen LogP contribution in [0.4, 0.5) is 0 Å². The fourth-order valence-corrected chi connectivity index (χ4v) is 4.52. The average molecular weight is 365 g/mol. The Labute approximate surface area is 155 Å². The van der Waals surface area contributed by atoms with Gasteiger partial charge in [0.25, 0.3) is 0 Å². The molecule has 3 saturated heterocycles. The maximum Gasteiger partial charge on any atom is 0.225 e. The van der Waals surface area contributed by atoms with Gasteiger partial charge in [0.1, 0.15) is 0 Å². The Morgan fingerprint density at radius 1 is 1.08 bits per heavy atom. The summed E-state index contributed by atoms with van der Waals surface area (Å²) < 4.78 is 5.38. The molecule has 3 aliphatic rings. The molecule has 0 unspecified atom stereocenters. The molecule has 0 aromatic rings. The second-order valence-corrected chi connectivity index (χ2v) is 8.49. The molecule has 3 fully saturated rings. The van der Waals surface area contributed by atoms with Gasteiger partial charge in [-0.3, -0.25) is 14.4 Å². The summed E-state index contributed by atoms with van der Waals surface area (Å²) in [5.74, 6) is 0.283. The molecule has 3 rings (SSSR count). The van der Waals surface area contributed by atoms with Gasteiger partial charge in [-0.2, -0.15) is 0 Å². The SMILES string of the molecule is CC(C)C(=O)N1CCN(C(=O)C2CCOCC2)C[C@]2(CC(=O)N(C)C2)C1. The fraction of sp³-hybridized carbons (Fsp3) is 0.842. The smallest absolute Gasteiger partial charge is 0.225 e. The minimum Gasteiger partial charge on any atom is -0.381 e. The summed E-state index contributed by atoms with van der Waals surface area (Å²) >= 11 is 0. The van der Waals surface area contributed by atoms with E-state index in [0.717, 1.165) is 12.8 Å². The predicted octanol–water partition coefficient (Wildman–Crippen LogP) is 0.588. The second-order valence-electron chi connectivity index (χ2n) is 8.49. The van der Waals surface area contributed by atoms with Crippen LogP contribution in [0.1, 0.15) is 33.1 Å². The molecule has 1 spiro atoms. The van der Waals surface area contributed by atoms with Crippen LogP contribution in [-0.4, -0.2) is 85.4 Å². The van der Waals surface area contributed by atoms with Gasteiger partial charge in [-0.15, -0.1) is 0 Å². The van der Waals surface area contributed by atoms with E-state index >= 15 is 0 Å². The Hall–Kier alpha value is -1.63. The molecule has 3 amide bonds. The number of rotatable bonds is 2. The van der Waals surface area contributed by atoms with Crippen molar-refractivity contribution in [2.24, 2.45) is 17.3 Å². The van der Waals surface area contributed by atoms with Crippen LogP contribution in [0.2, 0.25) is 0 Å². The first-order valence-corrected chi connectivity index (χ1v) is 9.71. The van der Waals surface area contributed by atoms with Crippen LogP contribution in [0.15, 0.2) is 0 Å². The highest BCUT2D eigenvalue weighted by molar-refractivity contribution is 5.82. The first kappa shape index (κ1) is 19.1. The van der Waals surface area contributed by atoms with Crippen molar-refractivity contribution >= 4 is 17.7 Å². The van der Waals surface area contributed by atoms with E-state index in [4.69, 9.17) is 4.74 Å². The topological polar surface area (TPSA) is 70.2 Å². The number of carbonyl (C=O) groups excluding carboxylic acids is 3. The molecule has 0 bridgehead atoms. The first-order chi connectivity index (χ1) is 12.3. The van der Waals surface area contributed by atoms with Gasteiger partial charge < -0.3 is 19.4 Å². The Balaban J connectivity index is 1.81. The van der Waals surface area contributed by atoms with Crippen LogP contribution < -0.4 is 0 Å². The maximum atomic E-state index is 13.1. The Morgan fingerprint density at radius 3 is 2.27 bits per heavy atom. The van der Waals surface area contributed by atoms with Crippen molar-refractivity contribution in [2.75, 3.05) is 53.0 Å². The Kier molecular flexibility index (Phi) is 5.55. The summed E-state index contributed by atoms with van der Waals surface area (Å²) in [5, 5.41) is 0. The minimum absolute atomic E-state index is 0.00276. The lowest BCUT2D eigenvalue weighted by atomic mass is 9.85. The molecule has 26 heavy (non-hydrogen) atoms. The molecule has 0 aromatic carbocycles. The average Bonchev–Trinajstić information content (AvgIpc) is 2.79. The van der Waals surface area contributed by atoms with Crippen LogP contribution >= 0.6 is 0 Å². The van der Waals surface area contributed by atoms with E-state index in [0.29, 0.717) is 52.4 Å². The Morgan fingerprint density at radius 2 is 1.69 bits per heavy atom. The number of nitrogens with zero attached hydrogens (tertiary/aromatic N) is 3. The van der Waals surface area contributed by atoms with Crippen molar-refractivity contribution in [3.05, 3.63) is 0 Å². The lowest BCUT2D eigenvalue weighted by molar-refractivity contribution is -0.140. The molecular weight excluding hydrogens is 334 g/mol. The summed E-state index contributed by atoms with van der Waals surface area (Å²) in [4.78, 5) is 43.5. The van der Waals surface area contributed by atoms with Crippen LogP contribution in [0.3, 0.4) is 0 Å². The first-order valence-electron chi connectivity index (χ1n) is 9.71. The zero-order valence-electron chi connectivity index (χ0n) is 16.2. The van der Waals surface area contributed by atoms with Crippen molar-refractivity contribution in [1.29, 1.82) is 0 Å². The molecule has 0 N–H and O–H groups in total. The minimum atomic E-state index is -0.353. The van der Waals surface area contributed by atoms with Crippen molar-refractivity contribution in [1.82, 2.24) is 14.7 Å². The summed E-state index contributed by atoms with van der Waals surface area (Å²) in [5.41, 5.74) is -0.353. The van der Waals surface area contributed by atoms with Gasteiger partial charge in [0.2, 0.25) is 17.7 Å². The van der Waals surface area contributed by atoms with Crippen LogP contribution in [-0.2, 0) is 19.1 Å². The van der Waals surface area contributed by atoms with Crippen molar-refractivity contribution in [2.45, 2.75) is 33.1 Å². The molecule has 1 atom stereocenters. The number of hydrogen-bond donors (Lipinski definition) is 0. The van der Waals surface area contributed by atoms with Crippen LogP contribution in [0.25, 0.3) is 0 Å². The third-order valence-electron chi connectivity index (χ3n) is 5.90. The second kappa shape index (κ2) is 7.55. The predicted molar refractivity (Wildman–Crippen MR) is 96.2 cm³/mol. The van der Waals surface area contributed by atoms with Crippen LogP contribution in [0.5, 0.6) is 0 Å². The molecule has 3 heterocycles. The van der Waals surface area contributed by atoms with Crippen molar-refractivity contribution < 1.29 is 19.1 Å². The molecule has 0 aromatic heterocycles. The van der Waals surface area contributed by atoms with Gasteiger partial charge >= 0.3 is 0 Å². The molecule has 0 aliphatic carbocycles. The highest BCUT2D eigenvalue weighted by Gasteiger charge is 2.47. The molecule has 3 aliphatic heterocycles. The quantitative estimate of drug-likeness (QED) is 0.718.